The average Bonchev–Trinajstić information content (AvgIpc) is 2.76. The van der Waals surface area contributed by atoms with Gasteiger partial charge < -0.3 is 10.0 Å². The first-order valence-electron chi connectivity index (χ1n) is 4.66. The van der Waals surface area contributed by atoms with E-state index in [9.17, 15) is 4.79 Å². The minimum Gasteiger partial charge on any atom is -0.481 e. The van der Waals surface area contributed by atoms with Crippen molar-refractivity contribution in [3.05, 3.63) is 11.6 Å². The first-order chi connectivity index (χ1) is 6.77. The minimum absolute atomic E-state index is 0.154. The highest BCUT2D eigenvalue weighted by Gasteiger charge is 2.56. The Labute approximate surface area is 85.2 Å². The van der Waals surface area contributed by atoms with Crippen LogP contribution < -0.4 is 4.90 Å². The summed E-state index contributed by atoms with van der Waals surface area (Å²) in [6.07, 6.45) is 2.79. The summed E-state index contributed by atoms with van der Waals surface area (Å²) in [7, 11) is 0. The van der Waals surface area contributed by atoms with E-state index in [-0.39, 0.29) is 12.0 Å². The second kappa shape index (κ2) is 2.70. The van der Waals surface area contributed by atoms with Crippen LogP contribution in [-0.4, -0.2) is 28.6 Å². The standard InChI is InChI=1S/C9H10N2O2S/c12-8(13)7-5-3-6(7)11(4-5)9-10-1-2-14-9/h1-2,5-7H,3-4H2,(H,12,13). The van der Waals surface area contributed by atoms with Gasteiger partial charge >= 0.3 is 5.97 Å². The maximum atomic E-state index is 10.9. The van der Waals surface area contributed by atoms with E-state index < -0.39 is 5.97 Å². The lowest BCUT2D eigenvalue weighted by Gasteiger charge is -2.32. The summed E-state index contributed by atoms with van der Waals surface area (Å²) in [6, 6.07) is 0.198. The highest BCUT2D eigenvalue weighted by molar-refractivity contribution is 7.13. The number of aliphatic carboxylic acids is 1. The topological polar surface area (TPSA) is 53.4 Å². The molecule has 14 heavy (non-hydrogen) atoms. The molecule has 74 valence electrons. The van der Waals surface area contributed by atoms with Gasteiger partial charge in [0.2, 0.25) is 0 Å². The van der Waals surface area contributed by atoms with Crippen LogP contribution in [-0.2, 0) is 4.79 Å². The number of carbonyl (C=O) groups is 1. The van der Waals surface area contributed by atoms with E-state index in [1.807, 2.05) is 5.38 Å². The number of thiazole rings is 1. The molecule has 2 bridgehead atoms. The molecule has 1 aromatic heterocycles. The molecule has 3 atom stereocenters. The smallest absolute Gasteiger partial charge is 0.308 e. The van der Waals surface area contributed by atoms with Gasteiger partial charge in [-0.25, -0.2) is 4.98 Å². The number of hydrogen-bond acceptors (Lipinski definition) is 4. The summed E-state index contributed by atoms with van der Waals surface area (Å²) in [5.41, 5.74) is 0. The zero-order valence-electron chi connectivity index (χ0n) is 7.46. The number of aromatic nitrogens is 1. The number of anilines is 1. The quantitative estimate of drug-likeness (QED) is 0.792. The maximum absolute atomic E-state index is 10.9. The van der Waals surface area contributed by atoms with Gasteiger partial charge in [0, 0.05) is 24.2 Å². The molecular formula is C9H10N2O2S. The summed E-state index contributed by atoms with van der Waals surface area (Å²) >= 11 is 1.59. The summed E-state index contributed by atoms with van der Waals surface area (Å²) in [5, 5.41) is 11.9. The lowest BCUT2D eigenvalue weighted by Crippen LogP contribution is -2.43. The molecule has 2 aliphatic heterocycles. The largest absolute Gasteiger partial charge is 0.481 e. The third-order valence-electron chi connectivity index (χ3n) is 3.25. The van der Waals surface area contributed by atoms with Crippen LogP contribution in [0.15, 0.2) is 11.6 Å². The number of carboxylic acid groups (broad SMARTS) is 1. The van der Waals surface area contributed by atoms with Crippen molar-refractivity contribution < 1.29 is 9.90 Å². The Bertz CT molecular complexity index is 365. The van der Waals surface area contributed by atoms with Gasteiger partial charge in [0.1, 0.15) is 0 Å². The molecule has 3 aliphatic rings. The summed E-state index contributed by atoms with van der Waals surface area (Å²) in [4.78, 5) is 17.3. The fourth-order valence-electron chi connectivity index (χ4n) is 2.56. The van der Waals surface area contributed by atoms with Gasteiger partial charge in [0.25, 0.3) is 0 Å². The zero-order valence-corrected chi connectivity index (χ0v) is 8.28. The Kier molecular flexibility index (Phi) is 1.58. The first kappa shape index (κ1) is 8.23. The van der Waals surface area contributed by atoms with E-state index in [1.54, 1.807) is 17.5 Å². The van der Waals surface area contributed by atoms with Gasteiger partial charge in [0.05, 0.1) is 5.92 Å². The summed E-state index contributed by atoms with van der Waals surface area (Å²) in [5.74, 6) is -0.453. The minimum atomic E-state index is -0.648. The molecule has 1 aromatic rings. The number of rotatable bonds is 2. The predicted molar refractivity (Wildman–Crippen MR) is 52.5 cm³/mol. The van der Waals surface area contributed by atoms with Crippen LogP contribution in [0.25, 0.3) is 0 Å². The Morgan fingerprint density at radius 3 is 3.14 bits per heavy atom. The molecule has 3 fully saturated rings. The van der Waals surface area contributed by atoms with Crippen molar-refractivity contribution in [2.75, 3.05) is 11.4 Å². The SMILES string of the molecule is O=C(O)C1C2CC1N(c1nccs1)C2. The van der Waals surface area contributed by atoms with Crippen molar-refractivity contribution in [2.24, 2.45) is 11.8 Å². The van der Waals surface area contributed by atoms with E-state index >= 15 is 0 Å². The van der Waals surface area contributed by atoms with Crippen LogP contribution in [0.4, 0.5) is 5.13 Å². The molecule has 1 aliphatic carbocycles. The molecule has 3 heterocycles. The molecule has 5 heteroatoms. The zero-order chi connectivity index (χ0) is 9.71. The molecule has 1 saturated carbocycles. The number of hydrogen-bond donors (Lipinski definition) is 1. The monoisotopic (exact) mass is 210 g/mol. The normalized spacial score (nSPS) is 34.3. The highest BCUT2D eigenvalue weighted by atomic mass is 32.1. The van der Waals surface area contributed by atoms with E-state index in [4.69, 9.17) is 5.11 Å². The molecule has 4 nitrogen and oxygen atoms in total. The van der Waals surface area contributed by atoms with Crippen molar-refractivity contribution in [2.45, 2.75) is 12.5 Å². The van der Waals surface area contributed by atoms with Crippen molar-refractivity contribution in [1.82, 2.24) is 4.98 Å². The fraction of sp³-hybridized carbons (Fsp3) is 0.556. The second-order valence-corrected chi connectivity index (χ2v) is 4.77. The molecule has 0 aromatic carbocycles. The van der Waals surface area contributed by atoms with Gasteiger partial charge in [0.15, 0.2) is 5.13 Å². The average molecular weight is 210 g/mol. The van der Waals surface area contributed by atoms with Crippen molar-refractivity contribution in [1.29, 1.82) is 0 Å². The van der Waals surface area contributed by atoms with Gasteiger partial charge in [-0.05, 0) is 12.3 Å². The lowest BCUT2D eigenvalue weighted by atomic mass is 9.74. The van der Waals surface area contributed by atoms with Crippen LogP contribution in [0.3, 0.4) is 0 Å². The van der Waals surface area contributed by atoms with Gasteiger partial charge in [-0.1, -0.05) is 0 Å². The van der Waals surface area contributed by atoms with E-state index in [0.29, 0.717) is 5.92 Å². The van der Waals surface area contributed by atoms with Crippen molar-refractivity contribution >= 4 is 22.4 Å². The molecule has 2 saturated heterocycles. The molecule has 0 spiro atoms. The third kappa shape index (κ3) is 0.930. The van der Waals surface area contributed by atoms with Gasteiger partial charge in [-0.15, -0.1) is 11.3 Å². The fourth-order valence-corrected chi connectivity index (χ4v) is 3.27. The number of fused-ring (bicyclic) bond motifs is 1. The van der Waals surface area contributed by atoms with Crippen LogP contribution in [0.2, 0.25) is 0 Å². The predicted octanol–water partition coefficient (Wildman–Crippen LogP) is 1.05. The number of carboxylic acids is 1. The van der Waals surface area contributed by atoms with E-state index in [1.165, 1.54) is 0 Å². The lowest BCUT2D eigenvalue weighted by molar-refractivity contribution is -0.146. The Hall–Kier alpha value is -1.10. The van der Waals surface area contributed by atoms with Crippen molar-refractivity contribution in [3.63, 3.8) is 0 Å². The maximum Gasteiger partial charge on any atom is 0.308 e. The molecule has 4 rings (SSSR count). The van der Waals surface area contributed by atoms with Gasteiger partial charge in [-0.2, -0.15) is 0 Å². The van der Waals surface area contributed by atoms with E-state index in [0.717, 1.165) is 18.1 Å². The Balaban J connectivity index is 1.84. The van der Waals surface area contributed by atoms with Crippen LogP contribution in [0, 0.1) is 11.8 Å². The molecule has 1 N–H and O–H groups in total. The molecule has 0 radical (unpaired) electrons. The van der Waals surface area contributed by atoms with E-state index in [2.05, 4.69) is 9.88 Å². The van der Waals surface area contributed by atoms with Crippen LogP contribution in [0.1, 0.15) is 6.42 Å². The molecular weight excluding hydrogens is 200 g/mol. The summed E-state index contributed by atoms with van der Waals surface area (Å²) in [6.45, 7) is 0.870. The number of nitrogens with zero attached hydrogens (tertiary/aromatic N) is 2. The van der Waals surface area contributed by atoms with Crippen molar-refractivity contribution in [3.8, 4) is 0 Å². The Morgan fingerprint density at radius 1 is 1.71 bits per heavy atom. The second-order valence-electron chi connectivity index (χ2n) is 3.89. The summed E-state index contributed by atoms with van der Waals surface area (Å²) < 4.78 is 0. The molecule has 3 unspecified atom stereocenters. The molecule has 0 amide bonds. The third-order valence-corrected chi connectivity index (χ3v) is 4.06. The van der Waals surface area contributed by atoms with Crippen LogP contribution in [0.5, 0.6) is 0 Å². The van der Waals surface area contributed by atoms with Crippen LogP contribution >= 0.6 is 11.3 Å². The van der Waals surface area contributed by atoms with Gasteiger partial charge in [-0.3, -0.25) is 4.79 Å². The highest BCUT2D eigenvalue weighted by Crippen LogP contribution is 2.48. The Morgan fingerprint density at radius 2 is 2.57 bits per heavy atom. The first-order valence-corrected chi connectivity index (χ1v) is 5.54.